The highest BCUT2D eigenvalue weighted by atomic mass is 35.5. The van der Waals surface area contributed by atoms with Gasteiger partial charge in [-0.3, -0.25) is 5.84 Å². The van der Waals surface area contributed by atoms with Gasteiger partial charge in [-0.1, -0.05) is 47.5 Å². The van der Waals surface area contributed by atoms with Crippen LogP contribution >= 0.6 is 23.2 Å². The third-order valence-corrected chi connectivity index (χ3v) is 4.24. The molecule has 1 aliphatic rings. The molecule has 5 heteroatoms. The van der Waals surface area contributed by atoms with Crippen molar-refractivity contribution in [2.45, 2.75) is 12.5 Å². The maximum absolute atomic E-state index is 6.09. The molecule has 0 fully saturated rings. The largest absolute Gasteiger partial charge is 0.493 e. The molecule has 1 unspecified atom stereocenters. The third-order valence-electron chi connectivity index (χ3n) is 3.50. The molecule has 1 atom stereocenters. The van der Waals surface area contributed by atoms with Crippen molar-refractivity contribution in [2.24, 2.45) is 5.84 Å². The van der Waals surface area contributed by atoms with E-state index in [9.17, 15) is 0 Å². The van der Waals surface area contributed by atoms with E-state index in [0.29, 0.717) is 16.7 Å². The molecule has 0 amide bonds. The molecule has 104 valence electrons. The summed E-state index contributed by atoms with van der Waals surface area (Å²) in [4.78, 5) is 0. The number of nitrogens with one attached hydrogen (secondary N) is 1. The second kappa shape index (κ2) is 5.62. The lowest BCUT2D eigenvalue weighted by Gasteiger charge is -2.20. The van der Waals surface area contributed by atoms with E-state index < -0.39 is 0 Å². The lowest BCUT2D eigenvalue weighted by atomic mass is 9.96. The van der Waals surface area contributed by atoms with Gasteiger partial charge in [-0.15, -0.1) is 0 Å². The van der Waals surface area contributed by atoms with Crippen LogP contribution in [0.2, 0.25) is 10.0 Å². The first-order valence-corrected chi connectivity index (χ1v) is 7.12. The number of fused-ring (bicyclic) bond motifs is 1. The number of para-hydroxylation sites is 1. The molecule has 0 spiro atoms. The molecule has 0 bridgehead atoms. The Morgan fingerprint density at radius 3 is 2.75 bits per heavy atom. The van der Waals surface area contributed by atoms with E-state index >= 15 is 0 Å². The van der Waals surface area contributed by atoms with Gasteiger partial charge in [-0.2, -0.15) is 0 Å². The topological polar surface area (TPSA) is 47.3 Å². The molecule has 3 nitrogen and oxygen atoms in total. The Balaban J connectivity index is 2.06. The van der Waals surface area contributed by atoms with Crippen LogP contribution in [0.25, 0.3) is 0 Å². The van der Waals surface area contributed by atoms with Crippen LogP contribution in [0.4, 0.5) is 0 Å². The van der Waals surface area contributed by atoms with Crippen LogP contribution < -0.4 is 16.0 Å². The highest BCUT2D eigenvalue weighted by molar-refractivity contribution is 6.42. The summed E-state index contributed by atoms with van der Waals surface area (Å²) in [5.74, 6) is 6.66. The van der Waals surface area contributed by atoms with Crippen molar-refractivity contribution in [3.63, 3.8) is 0 Å². The average molecular weight is 309 g/mol. The third kappa shape index (κ3) is 2.38. The zero-order chi connectivity index (χ0) is 14.1. The van der Waals surface area contributed by atoms with E-state index in [-0.39, 0.29) is 6.04 Å². The van der Waals surface area contributed by atoms with Gasteiger partial charge in [-0.05, 0) is 23.3 Å². The molecule has 3 N–H and O–H groups in total. The molecule has 1 heterocycles. The molecule has 1 aliphatic heterocycles. The number of hydrazine groups is 1. The summed E-state index contributed by atoms with van der Waals surface area (Å²) in [5, 5.41) is 1.04. The van der Waals surface area contributed by atoms with Crippen molar-refractivity contribution in [3.05, 3.63) is 63.1 Å². The Hall–Kier alpha value is -1.26. The summed E-state index contributed by atoms with van der Waals surface area (Å²) in [6.07, 6.45) is 0.932. The first-order chi connectivity index (χ1) is 9.70. The number of benzene rings is 2. The minimum absolute atomic E-state index is 0.183. The van der Waals surface area contributed by atoms with Crippen LogP contribution in [-0.2, 0) is 6.42 Å². The Labute approximate surface area is 127 Å². The Kier molecular flexibility index (Phi) is 3.85. The maximum atomic E-state index is 6.09. The van der Waals surface area contributed by atoms with Gasteiger partial charge >= 0.3 is 0 Å². The van der Waals surface area contributed by atoms with E-state index in [4.69, 9.17) is 33.8 Å². The highest BCUT2D eigenvalue weighted by Gasteiger charge is 2.23. The SMILES string of the molecule is NNC(c1ccc(Cl)c(Cl)c1)c1cccc2c1OCC2. The van der Waals surface area contributed by atoms with Gasteiger partial charge in [0.15, 0.2) is 0 Å². The van der Waals surface area contributed by atoms with Gasteiger partial charge < -0.3 is 4.74 Å². The van der Waals surface area contributed by atoms with Gasteiger partial charge in [0.2, 0.25) is 0 Å². The molecule has 0 aliphatic carbocycles. The monoisotopic (exact) mass is 308 g/mol. The smallest absolute Gasteiger partial charge is 0.127 e. The molecule has 3 rings (SSSR count). The van der Waals surface area contributed by atoms with Crippen LogP contribution in [0, 0.1) is 0 Å². The van der Waals surface area contributed by atoms with E-state index in [1.165, 1.54) is 5.56 Å². The van der Waals surface area contributed by atoms with Crippen LogP contribution in [0.1, 0.15) is 22.7 Å². The predicted molar refractivity (Wildman–Crippen MR) is 81.3 cm³/mol. The molecule has 0 saturated carbocycles. The van der Waals surface area contributed by atoms with Crippen LogP contribution in [0.3, 0.4) is 0 Å². The van der Waals surface area contributed by atoms with E-state index in [2.05, 4.69) is 11.5 Å². The Bertz CT molecular complexity index is 646. The second-order valence-corrected chi connectivity index (χ2v) is 5.52. The van der Waals surface area contributed by atoms with Crippen LogP contribution in [0.5, 0.6) is 5.75 Å². The van der Waals surface area contributed by atoms with E-state index in [1.54, 1.807) is 6.07 Å². The predicted octanol–water partition coefficient (Wildman–Crippen LogP) is 3.48. The summed E-state index contributed by atoms with van der Waals surface area (Å²) >= 11 is 12.0. The molecule has 0 saturated heterocycles. The average Bonchev–Trinajstić information content (AvgIpc) is 2.93. The number of rotatable bonds is 3. The summed E-state index contributed by atoms with van der Waals surface area (Å²) in [7, 11) is 0. The Morgan fingerprint density at radius 1 is 1.15 bits per heavy atom. The molecular weight excluding hydrogens is 295 g/mol. The fourth-order valence-corrected chi connectivity index (χ4v) is 2.83. The molecule has 20 heavy (non-hydrogen) atoms. The number of ether oxygens (including phenoxy) is 1. The summed E-state index contributed by atoms with van der Waals surface area (Å²) in [5.41, 5.74) is 6.00. The van der Waals surface area contributed by atoms with Gasteiger partial charge in [0, 0.05) is 12.0 Å². The van der Waals surface area contributed by atoms with E-state index in [1.807, 2.05) is 24.3 Å². The molecule has 2 aromatic rings. The summed E-state index contributed by atoms with van der Waals surface area (Å²) < 4.78 is 5.73. The molecular formula is C15H14Cl2N2O. The highest BCUT2D eigenvalue weighted by Crippen LogP contribution is 2.37. The van der Waals surface area contributed by atoms with Crippen molar-refractivity contribution in [1.29, 1.82) is 0 Å². The normalized spacial score (nSPS) is 14.8. The summed E-state index contributed by atoms with van der Waals surface area (Å²) in [6.45, 7) is 0.713. The van der Waals surface area contributed by atoms with Crippen molar-refractivity contribution in [1.82, 2.24) is 5.43 Å². The maximum Gasteiger partial charge on any atom is 0.127 e. The van der Waals surface area contributed by atoms with Gasteiger partial charge in [0.25, 0.3) is 0 Å². The quantitative estimate of drug-likeness (QED) is 0.674. The molecule has 2 aromatic carbocycles. The van der Waals surface area contributed by atoms with Gasteiger partial charge in [0.05, 0.1) is 22.7 Å². The van der Waals surface area contributed by atoms with Crippen LogP contribution in [-0.4, -0.2) is 6.61 Å². The van der Waals surface area contributed by atoms with Gasteiger partial charge in [0.1, 0.15) is 5.75 Å². The number of hydrogen-bond acceptors (Lipinski definition) is 3. The fraction of sp³-hybridized carbons (Fsp3) is 0.200. The van der Waals surface area contributed by atoms with Crippen LogP contribution in [0.15, 0.2) is 36.4 Å². The first-order valence-electron chi connectivity index (χ1n) is 6.36. The molecule has 0 aromatic heterocycles. The molecule has 0 radical (unpaired) electrons. The zero-order valence-corrected chi connectivity index (χ0v) is 12.2. The zero-order valence-electron chi connectivity index (χ0n) is 10.7. The van der Waals surface area contributed by atoms with Crippen molar-refractivity contribution in [3.8, 4) is 5.75 Å². The lowest BCUT2D eigenvalue weighted by Crippen LogP contribution is -2.29. The van der Waals surface area contributed by atoms with Crippen molar-refractivity contribution >= 4 is 23.2 Å². The number of halogens is 2. The minimum Gasteiger partial charge on any atom is -0.493 e. The number of hydrogen-bond donors (Lipinski definition) is 2. The number of nitrogens with two attached hydrogens (primary N) is 1. The minimum atomic E-state index is -0.183. The van der Waals surface area contributed by atoms with Crippen molar-refractivity contribution in [2.75, 3.05) is 6.61 Å². The van der Waals surface area contributed by atoms with E-state index in [0.717, 1.165) is 23.3 Å². The fourth-order valence-electron chi connectivity index (χ4n) is 2.53. The van der Waals surface area contributed by atoms with Crippen molar-refractivity contribution < 1.29 is 4.74 Å². The second-order valence-electron chi connectivity index (χ2n) is 4.71. The standard InChI is InChI=1S/C15H14Cl2N2O/c16-12-5-4-10(8-13(12)17)14(19-18)11-3-1-2-9-6-7-20-15(9)11/h1-5,8,14,19H,6-7,18H2. The Morgan fingerprint density at radius 2 is 2.00 bits per heavy atom. The summed E-state index contributed by atoms with van der Waals surface area (Å²) in [6, 6.07) is 11.4. The van der Waals surface area contributed by atoms with Gasteiger partial charge in [-0.25, -0.2) is 5.43 Å². The lowest BCUT2D eigenvalue weighted by molar-refractivity contribution is 0.350. The first kappa shape index (κ1) is 13.7.